The number of hydrogen-bond donors (Lipinski definition) is 2. The smallest absolute Gasteiger partial charge is 0.227 e. The Morgan fingerprint density at radius 1 is 1.40 bits per heavy atom. The van der Waals surface area contributed by atoms with Crippen LogP contribution in [0.4, 0.5) is 0 Å². The van der Waals surface area contributed by atoms with Crippen LogP contribution in [0.2, 0.25) is 0 Å². The molecule has 0 spiro atoms. The maximum atomic E-state index is 12.3. The fourth-order valence-corrected chi connectivity index (χ4v) is 2.71. The van der Waals surface area contributed by atoms with Gasteiger partial charge in [-0.3, -0.25) is 4.79 Å². The molecule has 0 radical (unpaired) electrons. The summed E-state index contributed by atoms with van der Waals surface area (Å²) in [4.78, 5) is 12.3. The zero-order valence-electron chi connectivity index (χ0n) is 12.6. The first-order valence-corrected chi connectivity index (χ1v) is 8.43. The van der Waals surface area contributed by atoms with Gasteiger partial charge >= 0.3 is 0 Å². The Labute approximate surface area is 126 Å². The summed E-state index contributed by atoms with van der Waals surface area (Å²) in [6.45, 7) is 4.08. The number of carbonyl (C=O) groups is 1. The van der Waals surface area contributed by atoms with Gasteiger partial charge in [0, 0.05) is 6.54 Å². The first-order chi connectivity index (χ1) is 9.50. The summed E-state index contributed by atoms with van der Waals surface area (Å²) in [7, 11) is 0. The summed E-state index contributed by atoms with van der Waals surface area (Å²) >= 11 is 1.70. The van der Waals surface area contributed by atoms with Crippen LogP contribution < -0.4 is 5.32 Å². The van der Waals surface area contributed by atoms with Gasteiger partial charge in [0.25, 0.3) is 0 Å². The number of hydrogen-bond acceptors (Lipinski definition) is 3. The summed E-state index contributed by atoms with van der Waals surface area (Å²) in [5.74, 6) is 0.731. The highest BCUT2D eigenvalue weighted by atomic mass is 32.2. The Balaban J connectivity index is 2.56. The van der Waals surface area contributed by atoms with Gasteiger partial charge < -0.3 is 10.4 Å². The Hall–Kier alpha value is -1.00. The van der Waals surface area contributed by atoms with E-state index in [4.69, 9.17) is 0 Å². The average Bonchev–Trinajstić information content (AvgIpc) is 2.45. The van der Waals surface area contributed by atoms with Crippen molar-refractivity contribution in [1.29, 1.82) is 0 Å². The highest BCUT2D eigenvalue weighted by Gasteiger charge is 2.24. The standard InChI is InChI=1S/C16H25NO2S/c1-4-14(13-8-6-5-7-9-13)15(18)17-12-16(2,19)10-11-20-3/h5-9,14,19H,4,10-12H2,1-3H3,(H,17,18)/t14-,16+/m1/s1. The fourth-order valence-electron chi connectivity index (χ4n) is 2.07. The Kier molecular flexibility index (Phi) is 7.10. The predicted molar refractivity (Wildman–Crippen MR) is 86.1 cm³/mol. The molecule has 20 heavy (non-hydrogen) atoms. The van der Waals surface area contributed by atoms with Crippen molar-refractivity contribution in [2.24, 2.45) is 0 Å². The van der Waals surface area contributed by atoms with Crippen LogP contribution in [0.15, 0.2) is 30.3 Å². The Morgan fingerprint density at radius 2 is 2.05 bits per heavy atom. The minimum absolute atomic E-state index is 0.0110. The maximum absolute atomic E-state index is 12.3. The Bertz CT molecular complexity index is 406. The normalized spacial score (nSPS) is 15.4. The maximum Gasteiger partial charge on any atom is 0.227 e. The van der Waals surface area contributed by atoms with Crippen LogP contribution in [0, 0.1) is 0 Å². The van der Waals surface area contributed by atoms with Gasteiger partial charge in [-0.1, -0.05) is 37.3 Å². The predicted octanol–water partition coefficient (Wildman–Crippen LogP) is 2.80. The highest BCUT2D eigenvalue weighted by molar-refractivity contribution is 7.98. The molecule has 1 aromatic rings. The second-order valence-corrected chi connectivity index (χ2v) is 6.31. The molecule has 112 valence electrons. The molecule has 0 unspecified atom stereocenters. The first-order valence-electron chi connectivity index (χ1n) is 7.04. The van der Waals surface area contributed by atoms with E-state index in [1.165, 1.54) is 0 Å². The molecule has 0 bridgehead atoms. The summed E-state index contributed by atoms with van der Waals surface area (Å²) in [5.41, 5.74) is 0.185. The van der Waals surface area contributed by atoms with Crippen LogP contribution in [0.1, 0.15) is 38.2 Å². The van der Waals surface area contributed by atoms with E-state index in [2.05, 4.69) is 5.32 Å². The molecule has 4 heteroatoms. The molecule has 2 atom stereocenters. The second-order valence-electron chi connectivity index (χ2n) is 5.33. The molecule has 0 fully saturated rings. The largest absolute Gasteiger partial charge is 0.388 e. The molecule has 1 aromatic carbocycles. The zero-order valence-corrected chi connectivity index (χ0v) is 13.4. The number of carbonyl (C=O) groups excluding carboxylic acids is 1. The van der Waals surface area contributed by atoms with Crippen molar-refractivity contribution in [2.75, 3.05) is 18.6 Å². The van der Waals surface area contributed by atoms with Crippen LogP contribution in [-0.2, 0) is 4.79 Å². The minimum atomic E-state index is -0.840. The molecule has 0 saturated heterocycles. The lowest BCUT2D eigenvalue weighted by Crippen LogP contribution is -2.42. The van der Waals surface area contributed by atoms with E-state index in [-0.39, 0.29) is 11.8 Å². The molecule has 0 heterocycles. The summed E-state index contributed by atoms with van der Waals surface area (Å²) < 4.78 is 0. The highest BCUT2D eigenvalue weighted by Crippen LogP contribution is 2.20. The SMILES string of the molecule is CC[C@@H](C(=O)NC[C@@](C)(O)CCSC)c1ccccc1. The van der Waals surface area contributed by atoms with Gasteiger partial charge in [-0.15, -0.1) is 0 Å². The van der Waals surface area contributed by atoms with Gasteiger partial charge in [-0.2, -0.15) is 11.8 Å². The molecule has 0 aliphatic rings. The number of amides is 1. The van der Waals surface area contributed by atoms with Crippen molar-refractivity contribution in [2.45, 2.75) is 38.2 Å². The van der Waals surface area contributed by atoms with Gasteiger partial charge in [-0.05, 0) is 37.3 Å². The molecular formula is C16H25NO2S. The van der Waals surface area contributed by atoms with Crippen LogP contribution in [0.5, 0.6) is 0 Å². The topological polar surface area (TPSA) is 49.3 Å². The monoisotopic (exact) mass is 295 g/mol. The van der Waals surface area contributed by atoms with Gasteiger partial charge in [0.2, 0.25) is 5.91 Å². The van der Waals surface area contributed by atoms with E-state index in [0.29, 0.717) is 13.0 Å². The molecule has 2 N–H and O–H groups in total. The third-order valence-electron chi connectivity index (χ3n) is 3.41. The molecular weight excluding hydrogens is 270 g/mol. The average molecular weight is 295 g/mol. The molecule has 0 aromatic heterocycles. The number of benzene rings is 1. The third-order valence-corrected chi connectivity index (χ3v) is 4.03. The quantitative estimate of drug-likeness (QED) is 0.775. The van der Waals surface area contributed by atoms with Gasteiger partial charge in [0.1, 0.15) is 0 Å². The van der Waals surface area contributed by atoms with Crippen molar-refractivity contribution in [3.63, 3.8) is 0 Å². The molecule has 0 aliphatic carbocycles. The molecule has 0 aliphatic heterocycles. The van der Waals surface area contributed by atoms with Crippen molar-refractivity contribution in [3.8, 4) is 0 Å². The number of nitrogens with one attached hydrogen (secondary N) is 1. The number of aliphatic hydroxyl groups is 1. The van der Waals surface area contributed by atoms with Crippen LogP contribution >= 0.6 is 11.8 Å². The molecule has 1 rings (SSSR count). The van der Waals surface area contributed by atoms with E-state index in [1.54, 1.807) is 18.7 Å². The van der Waals surface area contributed by atoms with Crippen molar-refractivity contribution in [3.05, 3.63) is 35.9 Å². The van der Waals surface area contributed by atoms with E-state index in [1.807, 2.05) is 43.5 Å². The van der Waals surface area contributed by atoms with E-state index in [0.717, 1.165) is 17.7 Å². The van der Waals surface area contributed by atoms with Crippen molar-refractivity contribution in [1.82, 2.24) is 5.32 Å². The van der Waals surface area contributed by atoms with E-state index < -0.39 is 5.60 Å². The minimum Gasteiger partial charge on any atom is -0.388 e. The lowest BCUT2D eigenvalue weighted by molar-refractivity contribution is -0.123. The lowest BCUT2D eigenvalue weighted by atomic mass is 9.95. The van der Waals surface area contributed by atoms with Crippen LogP contribution in [0.25, 0.3) is 0 Å². The lowest BCUT2D eigenvalue weighted by Gasteiger charge is -2.25. The Morgan fingerprint density at radius 3 is 2.60 bits per heavy atom. The summed E-state index contributed by atoms with van der Waals surface area (Å²) in [6.07, 6.45) is 3.44. The van der Waals surface area contributed by atoms with Crippen LogP contribution in [0.3, 0.4) is 0 Å². The van der Waals surface area contributed by atoms with Crippen molar-refractivity contribution < 1.29 is 9.90 Å². The van der Waals surface area contributed by atoms with Gasteiger partial charge in [0.15, 0.2) is 0 Å². The molecule has 1 amide bonds. The van der Waals surface area contributed by atoms with Crippen molar-refractivity contribution >= 4 is 17.7 Å². The summed E-state index contributed by atoms with van der Waals surface area (Å²) in [6, 6.07) is 9.78. The van der Waals surface area contributed by atoms with E-state index >= 15 is 0 Å². The molecule has 3 nitrogen and oxygen atoms in total. The van der Waals surface area contributed by atoms with Gasteiger partial charge in [-0.25, -0.2) is 0 Å². The third kappa shape index (κ3) is 5.55. The van der Waals surface area contributed by atoms with Gasteiger partial charge in [0.05, 0.1) is 11.5 Å². The zero-order chi connectivity index (χ0) is 15.0. The second kappa shape index (κ2) is 8.32. The van der Waals surface area contributed by atoms with E-state index in [9.17, 15) is 9.90 Å². The first kappa shape index (κ1) is 17.1. The number of thioether (sulfide) groups is 1. The molecule has 0 saturated carbocycles. The fraction of sp³-hybridized carbons (Fsp3) is 0.562. The van der Waals surface area contributed by atoms with Crippen LogP contribution in [-0.4, -0.2) is 35.2 Å². The number of rotatable bonds is 8. The summed E-state index contributed by atoms with van der Waals surface area (Å²) in [5, 5.41) is 13.1.